The molecule has 3 rings (SSSR count). The Balaban J connectivity index is 1.93. The molecule has 1 aliphatic rings. The van der Waals surface area contributed by atoms with Gasteiger partial charge in [-0.25, -0.2) is 4.98 Å². The molecule has 0 fully saturated rings. The number of rotatable bonds is 6. The second-order valence-electron chi connectivity index (χ2n) is 5.76. The average molecular weight is 303 g/mol. The van der Waals surface area contributed by atoms with Crippen molar-refractivity contribution in [2.45, 2.75) is 58.5 Å². The van der Waals surface area contributed by atoms with E-state index >= 15 is 0 Å². The van der Waals surface area contributed by atoms with E-state index in [4.69, 9.17) is 0 Å². The molecule has 2 aromatic rings. The number of hydrogen-bond acceptors (Lipinski definition) is 3. The van der Waals surface area contributed by atoms with Crippen LogP contribution in [0.1, 0.15) is 60.3 Å². The molecule has 0 saturated heterocycles. The number of thiophene rings is 1. The maximum atomic E-state index is 4.63. The molecule has 2 aromatic heterocycles. The number of nitrogens with one attached hydrogen (secondary N) is 1. The van der Waals surface area contributed by atoms with E-state index in [2.05, 4.69) is 41.0 Å². The van der Waals surface area contributed by atoms with Gasteiger partial charge in [-0.05, 0) is 57.2 Å². The highest BCUT2D eigenvalue weighted by Crippen LogP contribution is 2.35. The van der Waals surface area contributed by atoms with Crippen molar-refractivity contribution in [3.05, 3.63) is 39.6 Å². The van der Waals surface area contributed by atoms with E-state index in [1.807, 2.05) is 17.5 Å². The van der Waals surface area contributed by atoms with Gasteiger partial charge in [0.1, 0.15) is 11.9 Å². The monoisotopic (exact) mass is 303 g/mol. The molecule has 0 aromatic carbocycles. The van der Waals surface area contributed by atoms with Crippen molar-refractivity contribution in [1.29, 1.82) is 0 Å². The number of aryl methyl sites for hydroxylation is 3. The van der Waals surface area contributed by atoms with E-state index in [0.29, 0.717) is 0 Å². The highest BCUT2D eigenvalue weighted by Gasteiger charge is 2.23. The van der Waals surface area contributed by atoms with Crippen LogP contribution >= 0.6 is 11.3 Å². The molecule has 1 aliphatic carbocycles. The van der Waals surface area contributed by atoms with Crippen molar-refractivity contribution in [3.8, 4) is 0 Å². The van der Waals surface area contributed by atoms with Crippen molar-refractivity contribution in [2.24, 2.45) is 0 Å². The summed E-state index contributed by atoms with van der Waals surface area (Å²) in [5, 5.41) is 3.70. The summed E-state index contributed by atoms with van der Waals surface area (Å²) >= 11 is 2.00. The third-order valence-corrected chi connectivity index (χ3v) is 5.55. The number of fused-ring (bicyclic) bond motifs is 1. The standard InChI is InChI=1S/C17H25N3S/c1-3-9-18-16(17-19-10-11-20(17)4-2)15-12-13-7-5-6-8-14(13)21-15/h10-12,16,18H,3-9H2,1-2H3. The fourth-order valence-corrected chi connectivity index (χ4v) is 4.44. The minimum absolute atomic E-state index is 0.246. The molecule has 1 unspecified atom stereocenters. The summed E-state index contributed by atoms with van der Waals surface area (Å²) in [5.41, 5.74) is 1.58. The first-order valence-corrected chi connectivity index (χ1v) is 9.01. The Morgan fingerprint density at radius 3 is 2.95 bits per heavy atom. The van der Waals surface area contributed by atoms with Gasteiger partial charge in [0.2, 0.25) is 0 Å². The lowest BCUT2D eigenvalue weighted by Gasteiger charge is -2.18. The Hall–Kier alpha value is -1.13. The summed E-state index contributed by atoms with van der Waals surface area (Å²) in [5.74, 6) is 1.16. The van der Waals surface area contributed by atoms with Gasteiger partial charge >= 0.3 is 0 Å². The van der Waals surface area contributed by atoms with Crippen LogP contribution in [0.4, 0.5) is 0 Å². The first kappa shape index (κ1) is 14.8. The zero-order valence-corrected chi connectivity index (χ0v) is 13.9. The highest BCUT2D eigenvalue weighted by molar-refractivity contribution is 7.12. The van der Waals surface area contributed by atoms with Gasteiger partial charge in [0.25, 0.3) is 0 Å². The fourth-order valence-electron chi connectivity index (χ4n) is 3.11. The van der Waals surface area contributed by atoms with Gasteiger partial charge in [-0.2, -0.15) is 0 Å². The Morgan fingerprint density at radius 1 is 1.33 bits per heavy atom. The van der Waals surface area contributed by atoms with Crippen LogP contribution in [0.3, 0.4) is 0 Å². The summed E-state index contributed by atoms with van der Waals surface area (Å²) in [7, 11) is 0. The van der Waals surface area contributed by atoms with Crippen LogP contribution < -0.4 is 5.32 Å². The van der Waals surface area contributed by atoms with Gasteiger partial charge in [0.05, 0.1) is 0 Å². The van der Waals surface area contributed by atoms with Gasteiger partial charge < -0.3 is 9.88 Å². The molecule has 0 aliphatic heterocycles. The Morgan fingerprint density at radius 2 is 2.19 bits per heavy atom. The van der Waals surface area contributed by atoms with E-state index in [0.717, 1.165) is 25.3 Å². The van der Waals surface area contributed by atoms with Crippen LogP contribution in [0, 0.1) is 0 Å². The Kier molecular flexibility index (Phi) is 4.76. The lowest BCUT2D eigenvalue weighted by Crippen LogP contribution is -2.25. The summed E-state index contributed by atoms with van der Waals surface area (Å²) in [6.07, 6.45) is 10.4. The zero-order valence-electron chi connectivity index (χ0n) is 13.1. The molecule has 0 spiro atoms. The molecule has 0 amide bonds. The van der Waals surface area contributed by atoms with Crippen molar-refractivity contribution < 1.29 is 0 Å². The van der Waals surface area contributed by atoms with Crippen molar-refractivity contribution in [2.75, 3.05) is 6.54 Å². The number of hydrogen-bond donors (Lipinski definition) is 1. The van der Waals surface area contributed by atoms with E-state index in [1.54, 1.807) is 10.4 Å². The van der Waals surface area contributed by atoms with E-state index < -0.39 is 0 Å². The van der Waals surface area contributed by atoms with Gasteiger partial charge in [-0.1, -0.05) is 6.92 Å². The largest absolute Gasteiger partial charge is 0.334 e. The van der Waals surface area contributed by atoms with Crippen LogP contribution in [0.15, 0.2) is 18.5 Å². The lowest BCUT2D eigenvalue weighted by atomic mass is 9.98. The molecule has 1 N–H and O–H groups in total. The Labute approximate surface area is 131 Å². The van der Waals surface area contributed by atoms with Crippen LogP contribution in [-0.4, -0.2) is 16.1 Å². The van der Waals surface area contributed by atoms with Crippen molar-refractivity contribution >= 4 is 11.3 Å². The molecule has 21 heavy (non-hydrogen) atoms. The first-order valence-electron chi connectivity index (χ1n) is 8.19. The molecule has 2 heterocycles. The maximum Gasteiger partial charge on any atom is 0.131 e. The second-order valence-corrected chi connectivity index (χ2v) is 6.93. The zero-order chi connectivity index (χ0) is 14.7. The van der Waals surface area contributed by atoms with E-state index in [-0.39, 0.29) is 6.04 Å². The van der Waals surface area contributed by atoms with Gasteiger partial charge in [-0.15, -0.1) is 11.3 Å². The second kappa shape index (κ2) is 6.75. The number of aromatic nitrogens is 2. The molecule has 0 radical (unpaired) electrons. The molecule has 0 bridgehead atoms. The van der Waals surface area contributed by atoms with Gasteiger partial charge in [0.15, 0.2) is 0 Å². The maximum absolute atomic E-state index is 4.63. The van der Waals surface area contributed by atoms with E-state index in [1.165, 1.54) is 30.6 Å². The molecular weight excluding hydrogens is 278 g/mol. The first-order chi connectivity index (χ1) is 10.3. The topological polar surface area (TPSA) is 29.9 Å². The van der Waals surface area contributed by atoms with Gasteiger partial charge in [0, 0.05) is 28.7 Å². The van der Waals surface area contributed by atoms with Crippen LogP contribution in [0.5, 0.6) is 0 Å². The van der Waals surface area contributed by atoms with Crippen LogP contribution in [-0.2, 0) is 19.4 Å². The minimum atomic E-state index is 0.246. The van der Waals surface area contributed by atoms with Crippen LogP contribution in [0.2, 0.25) is 0 Å². The van der Waals surface area contributed by atoms with E-state index in [9.17, 15) is 0 Å². The number of nitrogens with zero attached hydrogens (tertiary/aromatic N) is 2. The summed E-state index contributed by atoms with van der Waals surface area (Å²) in [6.45, 7) is 6.41. The summed E-state index contributed by atoms with van der Waals surface area (Å²) < 4.78 is 2.26. The van der Waals surface area contributed by atoms with Gasteiger partial charge in [-0.3, -0.25) is 0 Å². The normalized spacial score (nSPS) is 15.9. The SMILES string of the molecule is CCCNC(c1cc2c(s1)CCCC2)c1nccn1CC. The Bertz CT molecular complexity index is 561. The van der Waals surface area contributed by atoms with Crippen molar-refractivity contribution in [3.63, 3.8) is 0 Å². The molecule has 0 saturated carbocycles. The van der Waals surface area contributed by atoms with Crippen LogP contribution in [0.25, 0.3) is 0 Å². The quantitative estimate of drug-likeness (QED) is 0.876. The molecule has 1 atom stereocenters. The molecular formula is C17H25N3S. The predicted molar refractivity (Wildman–Crippen MR) is 89.0 cm³/mol. The summed E-state index contributed by atoms with van der Waals surface area (Å²) in [4.78, 5) is 7.68. The third kappa shape index (κ3) is 3.06. The fraction of sp³-hybridized carbons (Fsp3) is 0.588. The average Bonchev–Trinajstić information content (AvgIpc) is 3.14. The highest BCUT2D eigenvalue weighted by atomic mass is 32.1. The molecule has 114 valence electrons. The number of imidazole rings is 1. The predicted octanol–water partition coefficient (Wildman–Crippen LogP) is 3.93. The third-order valence-electron chi connectivity index (χ3n) is 4.25. The molecule has 3 nitrogen and oxygen atoms in total. The lowest BCUT2D eigenvalue weighted by molar-refractivity contribution is 0.547. The minimum Gasteiger partial charge on any atom is -0.334 e. The van der Waals surface area contributed by atoms with Crippen molar-refractivity contribution in [1.82, 2.24) is 14.9 Å². The molecule has 4 heteroatoms. The summed E-state index contributed by atoms with van der Waals surface area (Å²) in [6, 6.07) is 2.68. The smallest absolute Gasteiger partial charge is 0.131 e.